The normalized spacial score (nSPS) is 14.3. The Morgan fingerprint density at radius 1 is 1.03 bits per heavy atom. The zero-order valence-corrected chi connectivity index (χ0v) is 17.6. The summed E-state index contributed by atoms with van der Waals surface area (Å²) < 4.78 is 1.74. The van der Waals surface area contributed by atoms with Gasteiger partial charge in [0.15, 0.2) is 0 Å². The highest BCUT2D eigenvalue weighted by molar-refractivity contribution is 6.07. The van der Waals surface area contributed by atoms with Gasteiger partial charge in [0.25, 0.3) is 5.91 Å². The molecule has 5 rings (SSSR count). The number of hydrogen-bond donors (Lipinski definition) is 0. The number of anilines is 1. The van der Waals surface area contributed by atoms with Crippen LogP contribution in [0.2, 0.25) is 0 Å². The van der Waals surface area contributed by atoms with E-state index in [0.29, 0.717) is 37.7 Å². The first kappa shape index (κ1) is 19.2. The third-order valence-corrected chi connectivity index (χ3v) is 5.67. The van der Waals surface area contributed by atoms with E-state index in [-0.39, 0.29) is 5.91 Å². The Bertz CT molecular complexity index is 1240. The number of carbonyl (C=O) groups excluding carboxylic acids is 1. The summed E-state index contributed by atoms with van der Waals surface area (Å²) in [6.45, 7) is 4.67. The highest BCUT2D eigenvalue weighted by atomic mass is 16.2. The summed E-state index contributed by atoms with van der Waals surface area (Å²) in [5, 5.41) is 5.14. The van der Waals surface area contributed by atoms with Crippen molar-refractivity contribution in [3.8, 4) is 11.3 Å². The minimum absolute atomic E-state index is 0.0248. The Morgan fingerprint density at radius 2 is 1.81 bits per heavy atom. The molecule has 1 aliphatic rings. The molecule has 0 atom stereocenters. The average molecular weight is 413 g/mol. The molecule has 0 saturated carbocycles. The molecule has 3 aromatic heterocycles. The molecule has 156 valence electrons. The van der Waals surface area contributed by atoms with E-state index in [9.17, 15) is 4.79 Å². The van der Waals surface area contributed by atoms with E-state index in [1.54, 1.807) is 29.3 Å². The fraction of sp³-hybridized carbons (Fsp3) is 0.261. The highest BCUT2D eigenvalue weighted by Crippen LogP contribution is 2.28. The van der Waals surface area contributed by atoms with Gasteiger partial charge in [0, 0.05) is 62.8 Å². The number of carbonyl (C=O) groups is 1. The second kappa shape index (κ2) is 7.79. The molecule has 0 bridgehead atoms. The molecule has 0 unspecified atom stereocenters. The summed E-state index contributed by atoms with van der Waals surface area (Å²) in [6, 6.07) is 9.68. The summed E-state index contributed by atoms with van der Waals surface area (Å²) in [5.41, 5.74) is 4.23. The zero-order valence-electron chi connectivity index (χ0n) is 17.6. The number of pyridine rings is 1. The summed E-state index contributed by atoms with van der Waals surface area (Å²) in [6.07, 6.45) is 7.18. The SMILES string of the molecule is Cc1cccc2c(C(=O)N3CCN(c4ncccn4)CC3)cc(-c3cnn(C)c3)nc12. The van der Waals surface area contributed by atoms with Gasteiger partial charge in [-0.3, -0.25) is 9.48 Å². The lowest BCUT2D eigenvalue weighted by Gasteiger charge is -2.35. The van der Waals surface area contributed by atoms with E-state index in [1.807, 2.05) is 49.3 Å². The fourth-order valence-corrected chi connectivity index (χ4v) is 4.00. The Morgan fingerprint density at radius 3 is 2.52 bits per heavy atom. The van der Waals surface area contributed by atoms with Gasteiger partial charge >= 0.3 is 0 Å². The molecule has 4 aromatic rings. The Balaban J connectivity index is 1.48. The van der Waals surface area contributed by atoms with Gasteiger partial charge < -0.3 is 9.80 Å². The summed E-state index contributed by atoms with van der Waals surface area (Å²) in [7, 11) is 1.87. The molecule has 1 aliphatic heterocycles. The summed E-state index contributed by atoms with van der Waals surface area (Å²) in [4.78, 5) is 31.1. The number of hydrogen-bond acceptors (Lipinski definition) is 6. The number of benzene rings is 1. The average Bonchev–Trinajstić information content (AvgIpc) is 3.25. The molecule has 8 nitrogen and oxygen atoms in total. The maximum atomic E-state index is 13.6. The van der Waals surface area contributed by atoms with Gasteiger partial charge in [0.05, 0.1) is 23.0 Å². The maximum absolute atomic E-state index is 13.6. The maximum Gasteiger partial charge on any atom is 0.254 e. The number of fused-ring (bicyclic) bond motifs is 1. The van der Waals surface area contributed by atoms with Crippen LogP contribution in [0.25, 0.3) is 22.2 Å². The highest BCUT2D eigenvalue weighted by Gasteiger charge is 2.25. The van der Waals surface area contributed by atoms with Crippen molar-refractivity contribution >= 4 is 22.8 Å². The van der Waals surface area contributed by atoms with Crippen LogP contribution in [0.5, 0.6) is 0 Å². The molecule has 1 fully saturated rings. The number of amides is 1. The lowest BCUT2D eigenvalue weighted by molar-refractivity contribution is 0.0748. The minimum Gasteiger partial charge on any atom is -0.337 e. The van der Waals surface area contributed by atoms with E-state index in [1.165, 1.54) is 0 Å². The zero-order chi connectivity index (χ0) is 21.4. The van der Waals surface area contributed by atoms with Crippen LogP contribution in [0.1, 0.15) is 15.9 Å². The molecule has 1 aromatic carbocycles. The van der Waals surface area contributed by atoms with Crippen molar-refractivity contribution in [2.75, 3.05) is 31.1 Å². The molecular weight excluding hydrogens is 390 g/mol. The second-order valence-electron chi connectivity index (χ2n) is 7.76. The van der Waals surface area contributed by atoms with Gasteiger partial charge in [-0.05, 0) is 24.6 Å². The monoisotopic (exact) mass is 413 g/mol. The fourth-order valence-electron chi connectivity index (χ4n) is 4.00. The van der Waals surface area contributed by atoms with Crippen molar-refractivity contribution in [1.82, 2.24) is 29.6 Å². The molecular formula is C23H23N7O. The van der Waals surface area contributed by atoms with Gasteiger partial charge in [0.1, 0.15) is 0 Å². The van der Waals surface area contributed by atoms with Gasteiger partial charge in [-0.1, -0.05) is 18.2 Å². The molecule has 8 heteroatoms. The quantitative estimate of drug-likeness (QED) is 0.514. The van der Waals surface area contributed by atoms with E-state index in [4.69, 9.17) is 4.98 Å². The third kappa shape index (κ3) is 3.61. The summed E-state index contributed by atoms with van der Waals surface area (Å²) >= 11 is 0. The standard InChI is InChI=1S/C23H23N7O/c1-16-5-3-6-18-19(13-20(27-21(16)18)17-14-26-28(2)15-17)22(31)29-9-11-30(12-10-29)23-24-7-4-8-25-23/h3-8,13-15H,9-12H2,1-2H3. The minimum atomic E-state index is 0.0248. The first-order chi connectivity index (χ1) is 15.1. The number of piperazine rings is 1. The van der Waals surface area contributed by atoms with Gasteiger partial charge in [0.2, 0.25) is 5.95 Å². The second-order valence-corrected chi connectivity index (χ2v) is 7.76. The summed E-state index contributed by atoms with van der Waals surface area (Å²) in [5.74, 6) is 0.732. The van der Waals surface area contributed by atoms with Crippen molar-refractivity contribution in [2.24, 2.45) is 7.05 Å². The molecule has 1 amide bonds. The van der Waals surface area contributed by atoms with Crippen molar-refractivity contribution in [1.29, 1.82) is 0 Å². The van der Waals surface area contributed by atoms with Gasteiger partial charge in [-0.2, -0.15) is 5.10 Å². The van der Waals surface area contributed by atoms with Gasteiger partial charge in [-0.25, -0.2) is 15.0 Å². The molecule has 0 N–H and O–H groups in total. The van der Waals surface area contributed by atoms with Crippen molar-refractivity contribution in [2.45, 2.75) is 6.92 Å². The van der Waals surface area contributed by atoms with E-state index in [2.05, 4.69) is 20.0 Å². The van der Waals surface area contributed by atoms with Crippen LogP contribution >= 0.6 is 0 Å². The smallest absolute Gasteiger partial charge is 0.254 e. The Labute approximate surface area is 180 Å². The van der Waals surface area contributed by atoms with Crippen LogP contribution in [0.3, 0.4) is 0 Å². The molecule has 0 radical (unpaired) electrons. The van der Waals surface area contributed by atoms with E-state index >= 15 is 0 Å². The van der Waals surface area contributed by atoms with Crippen LogP contribution < -0.4 is 4.90 Å². The van der Waals surface area contributed by atoms with Gasteiger partial charge in [-0.15, -0.1) is 0 Å². The first-order valence-electron chi connectivity index (χ1n) is 10.3. The molecule has 4 heterocycles. The Hall–Kier alpha value is -3.81. The predicted octanol–water partition coefficient (Wildman–Crippen LogP) is 2.70. The molecule has 1 saturated heterocycles. The van der Waals surface area contributed by atoms with Crippen LogP contribution in [-0.4, -0.2) is 61.7 Å². The molecule has 0 aliphatic carbocycles. The van der Waals surface area contributed by atoms with Crippen LogP contribution in [0, 0.1) is 6.92 Å². The third-order valence-electron chi connectivity index (χ3n) is 5.67. The number of para-hydroxylation sites is 1. The number of rotatable bonds is 3. The number of aryl methyl sites for hydroxylation is 2. The largest absolute Gasteiger partial charge is 0.337 e. The Kier molecular flexibility index (Phi) is 4.82. The van der Waals surface area contributed by atoms with Crippen molar-refractivity contribution < 1.29 is 4.79 Å². The van der Waals surface area contributed by atoms with Crippen molar-refractivity contribution in [3.63, 3.8) is 0 Å². The molecule has 0 spiro atoms. The van der Waals surface area contributed by atoms with E-state index < -0.39 is 0 Å². The van der Waals surface area contributed by atoms with E-state index in [0.717, 1.165) is 27.7 Å². The predicted molar refractivity (Wildman–Crippen MR) is 119 cm³/mol. The first-order valence-corrected chi connectivity index (χ1v) is 10.3. The lowest BCUT2D eigenvalue weighted by Crippen LogP contribution is -2.49. The lowest BCUT2D eigenvalue weighted by atomic mass is 10.0. The topological polar surface area (TPSA) is 80.0 Å². The van der Waals surface area contributed by atoms with Crippen LogP contribution in [0.15, 0.2) is 55.1 Å². The molecule has 31 heavy (non-hydrogen) atoms. The van der Waals surface area contributed by atoms with Crippen molar-refractivity contribution in [3.05, 3.63) is 66.2 Å². The van der Waals surface area contributed by atoms with Crippen LogP contribution in [0.4, 0.5) is 5.95 Å². The number of aromatic nitrogens is 5. The van der Waals surface area contributed by atoms with Crippen LogP contribution in [-0.2, 0) is 7.05 Å². The number of nitrogens with zero attached hydrogens (tertiary/aromatic N) is 7.